The molecule has 0 spiro atoms. The number of carbonyl (C=O) groups is 1. The number of nitrogens with zero attached hydrogens (tertiary/aromatic N) is 4. The molecule has 1 fully saturated rings. The van der Waals surface area contributed by atoms with E-state index in [9.17, 15) is 13.2 Å². The third-order valence-electron chi connectivity index (χ3n) is 3.29. The Bertz CT molecular complexity index is 570. The molecule has 1 amide bonds. The molecule has 1 aliphatic heterocycles. The summed E-state index contributed by atoms with van der Waals surface area (Å²) in [5.41, 5.74) is 0. The number of aromatic nitrogens is 2. The van der Waals surface area contributed by atoms with Gasteiger partial charge in [0.25, 0.3) is 0 Å². The van der Waals surface area contributed by atoms with Crippen LogP contribution in [0.1, 0.15) is 6.92 Å². The van der Waals surface area contributed by atoms with Crippen molar-refractivity contribution < 1.29 is 13.2 Å². The number of piperazine rings is 1. The van der Waals surface area contributed by atoms with Crippen LogP contribution in [0.3, 0.4) is 0 Å². The van der Waals surface area contributed by atoms with E-state index in [-0.39, 0.29) is 18.2 Å². The minimum atomic E-state index is -3.33. The second-order valence-corrected chi connectivity index (χ2v) is 6.74. The van der Waals surface area contributed by atoms with Crippen molar-refractivity contribution in [3.63, 3.8) is 0 Å². The Labute approximate surface area is 124 Å². The Kier molecular flexibility index (Phi) is 5.07. The van der Waals surface area contributed by atoms with Gasteiger partial charge in [0.05, 0.1) is 12.3 Å². The first kappa shape index (κ1) is 15.6. The van der Waals surface area contributed by atoms with E-state index in [4.69, 9.17) is 0 Å². The molecule has 8 nitrogen and oxygen atoms in total. The number of rotatable bonds is 5. The van der Waals surface area contributed by atoms with E-state index in [1.165, 1.54) is 6.92 Å². The fourth-order valence-corrected chi connectivity index (χ4v) is 2.54. The Hall–Kier alpha value is -1.74. The van der Waals surface area contributed by atoms with Crippen molar-refractivity contribution in [1.82, 2.24) is 19.6 Å². The molecule has 2 heterocycles. The third-order valence-corrected chi connectivity index (χ3v) is 4.63. The molecule has 0 atom stereocenters. The van der Waals surface area contributed by atoms with Crippen LogP contribution < -0.4 is 9.62 Å². The van der Waals surface area contributed by atoms with Gasteiger partial charge in [0.15, 0.2) is 0 Å². The lowest BCUT2D eigenvalue weighted by molar-refractivity contribution is -0.130. The summed E-state index contributed by atoms with van der Waals surface area (Å²) in [6.07, 6.45) is 3.36. The van der Waals surface area contributed by atoms with Crippen LogP contribution in [0.5, 0.6) is 0 Å². The summed E-state index contributed by atoms with van der Waals surface area (Å²) in [4.78, 5) is 23.9. The van der Waals surface area contributed by atoms with Gasteiger partial charge >= 0.3 is 0 Å². The van der Waals surface area contributed by atoms with E-state index in [0.717, 1.165) is 0 Å². The fraction of sp³-hybridized carbons (Fsp3) is 0.583. The molecule has 2 rings (SSSR count). The summed E-state index contributed by atoms with van der Waals surface area (Å²) in [5.74, 6) is 0.413. The number of carbonyl (C=O) groups excluding carboxylic acids is 1. The second kappa shape index (κ2) is 6.81. The highest BCUT2D eigenvalue weighted by molar-refractivity contribution is 7.89. The van der Waals surface area contributed by atoms with Gasteiger partial charge in [-0.05, 0) is 13.0 Å². The number of hydrogen-bond donors (Lipinski definition) is 1. The first-order chi connectivity index (χ1) is 10.0. The highest BCUT2D eigenvalue weighted by Crippen LogP contribution is 2.09. The van der Waals surface area contributed by atoms with Crippen molar-refractivity contribution >= 4 is 21.9 Å². The van der Waals surface area contributed by atoms with Gasteiger partial charge in [-0.2, -0.15) is 0 Å². The van der Waals surface area contributed by atoms with E-state index in [1.807, 2.05) is 4.90 Å². The molecule has 1 aromatic heterocycles. The molecule has 0 aliphatic carbocycles. The lowest BCUT2D eigenvalue weighted by Crippen LogP contribution is -2.51. The summed E-state index contributed by atoms with van der Waals surface area (Å²) in [6, 6.07) is 1.75. The lowest BCUT2D eigenvalue weighted by Gasteiger charge is -2.34. The SMILES string of the molecule is CCS(=O)(=O)NCC(=O)N1CCN(c2ncccn2)CC1. The van der Waals surface area contributed by atoms with Gasteiger partial charge in [-0.1, -0.05) is 0 Å². The normalized spacial score (nSPS) is 16.0. The van der Waals surface area contributed by atoms with Crippen LogP contribution >= 0.6 is 0 Å². The van der Waals surface area contributed by atoms with Crippen molar-refractivity contribution in [3.05, 3.63) is 18.5 Å². The number of hydrogen-bond acceptors (Lipinski definition) is 6. The van der Waals surface area contributed by atoms with E-state index in [2.05, 4.69) is 14.7 Å². The van der Waals surface area contributed by atoms with Gasteiger partial charge in [0, 0.05) is 38.6 Å². The van der Waals surface area contributed by atoms with Crippen LogP contribution in [-0.4, -0.2) is 67.7 Å². The molecule has 0 bridgehead atoms. The van der Waals surface area contributed by atoms with Crippen LogP contribution in [0.15, 0.2) is 18.5 Å². The summed E-state index contributed by atoms with van der Waals surface area (Å²) < 4.78 is 24.9. The average Bonchev–Trinajstić information content (AvgIpc) is 2.54. The smallest absolute Gasteiger partial charge is 0.237 e. The zero-order chi connectivity index (χ0) is 15.3. The van der Waals surface area contributed by atoms with Gasteiger partial charge in [-0.15, -0.1) is 0 Å². The lowest BCUT2D eigenvalue weighted by atomic mass is 10.3. The largest absolute Gasteiger partial charge is 0.338 e. The number of anilines is 1. The zero-order valence-corrected chi connectivity index (χ0v) is 12.7. The molecule has 0 radical (unpaired) electrons. The molecule has 0 saturated carbocycles. The van der Waals surface area contributed by atoms with Gasteiger partial charge < -0.3 is 9.80 Å². The Morgan fingerprint density at radius 1 is 1.24 bits per heavy atom. The van der Waals surface area contributed by atoms with Crippen LogP contribution in [0.2, 0.25) is 0 Å². The molecule has 1 N–H and O–H groups in total. The molecule has 9 heteroatoms. The minimum absolute atomic E-state index is 0.0284. The maximum atomic E-state index is 12.0. The van der Waals surface area contributed by atoms with Crippen molar-refractivity contribution in [2.45, 2.75) is 6.92 Å². The molecule has 1 saturated heterocycles. The highest BCUT2D eigenvalue weighted by Gasteiger charge is 2.23. The van der Waals surface area contributed by atoms with Crippen LogP contribution in [0.4, 0.5) is 5.95 Å². The Morgan fingerprint density at radius 2 is 1.86 bits per heavy atom. The maximum absolute atomic E-state index is 12.0. The first-order valence-corrected chi connectivity index (χ1v) is 8.44. The van der Waals surface area contributed by atoms with Crippen LogP contribution in [0, 0.1) is 0 Å². The van der Waals surface area contributed by atoms with Crippen molar-refractivity contribution in [1.29, 1.82) is 0 Å². The monoisotopic (exact) mass is 313 g/mol. The van der Waals surface area contributed by atoms with E-state index in [0.29, 0.717) is 32.1 Å². The van der Waals surface area contributed by atoms with Crippen molar-refractivity contribution in [2.24, 2.45) is 0 Å². The predicted octanol–water partition coefficient (Wildman–Crippen LogP) is -0.935. The maximum Gasteiger partial charge on any atom is 0.237 e. The molecule has 116 valence electrons. The summed E-state index contributed by atoms with van der Waals surface area (Å²) in [6.45, 7) is 3.69. The number of nitrogens with one attached hydrogen (secondary N) is 1. The number of sulfonamides is 1. The second-order valence-electron chi connectivity index (χ2n) is 4.64. The summed E-state index contributed by atoms with van der Waals surface area (Å²) >= 11 is 0. The number of amides is 1. The quantitative estimate of drug-likeness (QED) is 0.754. The minimum Gasteiger partial charge on any atom is -0.338 e. The molecular formula is C12H19N5O3S. The molecule has 21 heavy (non-hydrogen) atoms. The van der Waals surface area contributed by atoms with Crippen LogP contribution in [0.25, 0.3) is 0 Å². The van der Waals surface area contributed by atoms with Gasteiger partial charge in [-0.25, -0.2) is 23.1 Å². The summed E-state index contributed by atoms with van der Waals surface area (Å²) in [5, 5.41) is 0. The van der Waals surface area contributed by atoms with E-state index >= 15 is 0 Å². The molecule has 0 aromatic carbocycles. The zero-order valence-electron chi connectivity index (χ0n) is 11.9. The molecular weight excluding hydrogens is 294 g/mol. The standard InChI is InChI=1S/C12H19N5O3S/c1-2-21(19,20)15-10-11(18)16-6-8-17(9-7-16)12-13-4-3-5-14-12/h3-5,15H,2,6-10H2,1H3. The van der Waals surface area contributed by atoms with Crippen molar-refractivity contribution in [3.8, 4) is 0 Å². The predicted molar refractivity (Wildman–Crippen MR) is 78.3 cm³/mol. The molecule has 0 unspecified atom stereocenters. The highest BCUT2D eigenvalue weighted by atomic mass is 32.2. The van der Waals surface area contributed by atoms with E-state index < -0.39 is 10.0 Å². The van der Waals surface area contributed by atoms with Gasteiger partial charge in [0.1, 0.15) is 0 Å². The van der Waals surface area contributed by atoms with Gasteiger partial charge in [-0.3, -0.25) is 4.79 Å². The average molecular weight is 313 g/mol. The van der Waals surface area contributed by atoms with Crippen molar-refractivity contribution in [2.75, 3.05) is 43.4 Å². The topological polar surface area (TPSA) is 95.5 Å². The summed E-state index contributed by atoms with van der Waals surface area (Å²) in [7, 11) is -3.33. The fourth-order valence-electron chi connectivity index (χ4n) is 2.00. The van der Waals surface area contributed by atoms with Gasteiger partial charge in [0.2, 0.25) is 21.9 Å². The first-order valence-electron chi connectivity index (χ1n) is 6.79. The van der Waals surface area contributed by atoms with E-state index in [1.54, 1.807) is 23.4 Å². The third kappa shape index (κ3) is 4.36. The molecule has 1 aliphatic rings. The molecule has 1 aromatic rings. The Morgan fingerprint density at radius 3 is 2.43 bits per heavy atom. The van der Waals surface area contributed by atoms with Crippen LogP contribution in [-0.2, 0) is 14.8 Å². The Balaban J connectivity index is 1.82.